The maximum atomic E-state index is 15.0. The van der Waals surface area contributed by atoms with Crippen molar-refractivity contribution in [3.63, 3.8) is 0 Å². The lowest BCUT2D eigenvalue weighted by Crippen LogP contribution is -2.52. The lowest BCUT2D eigenvalue weighted by molar-refractivity contribution is -0.127. The molecule has 0 bridgehead atoms. The van der Waals surface area contributed by atoms with Crippen molar-refractivity contribution < 1.29 is 23.3 Å². The number of rotatable bonds is 7. The zero-order valence-electron chi connectivity index (χ0n) is 21.0. The Balaban J connectivity index is 1.17. The number of thioether (sulfide) groups is 1. The quantitative estimate of drug-likeness (QED) is 0.167. The summed E-state index contributed by atoms with van der Waals surface area (Å²) in [6.07, 6.45) is 1.33. The third kappa shape index (κ3) is 5.03. The number of aromatic nitrogens is 3. The van der Waals surface area contributed by atoms with E-state index in [2.05, 4.69) is 15.1 Å². The van der Waals surface area contributed by atoms with Crippen molar-refractivity contribution in [1.29, 1.82) is 0 Å². The van der Waals surface area contributed by atoms with Gasteiger partial charge >= 0.3 is 0 Å². The van der Waals surface area contributed by atoms with E-state index in [9.17, 15) is 14.4 Å². The summed E-state index contributed by atoms with van der Waals surface area (Å²) in [5.41, 5.74) is 1.21. The fourth-order valence-electron chi connectivity index (χ4n) is 4.60. The Morgan fingerprint density at radius 3 is 2.52 bits per heavy atom. The molecule has 1 fully saturated rings. The van der Waals surface area contributed by atoms with Crippen LogP contribution in [0.2, 0.25) is 0 Å². The Morgan fingerprint density at radius 1 is 1.00 bits per heavy atom. The monoisotopic (exact) mass is 575 g/mol. The predicted molar refractivity (Wildman–Crippen MR) is 149 cm³/mol. The second kappa shape index (κ2) is 11.1. The average Bonchev–Trinajstić information content (AvgIpc) is 3.77. The van der Waals surface area contributed by atoms with Crippen LogP contribution in [-0.4, -0.2) is 68.7 Å². The second-order valence-corrected chi connectivity index (χ2v) is 11.3. The van der Waals surface area contributed by atoms with Gasteiger partial charge in [-0.05, 0) is 35.7 Å². The molecule has 1 aliphatic rings. The summed E-state index contributed by atoms with van der Waals surface area (Å²) in [6.45, 7) is 0.994. The number of carbonyl (C=O) groups excluding carboxylic acids is 3. The third-order valence-corrected chi connectivity index (χ3v) is 8.76. The van der Waals surface area contributed by atoms with E-state index in [4.69, 9.17) is 4.52 Å². The van der Waals surface area contributed by atoms with Crippen LogP contribution in [0.5, 0.6) is 0 Å². The van der Waals surface area contributed by atoms with Crippen LogP contribution < -0.4 is 0 Å². The first-order valence-corrected chi connectivity index (χ1v) is 14.3. The molecule has 0 saturated carbocycles. The number of Topliss-reactive ketones (excluding diaryl/α,β-unsaturated/α-hetero) is 1. The van der Waals surface area contributed by atoms with Gasteiger partial charge in [0.1, 0.15) is 5.82 Å². The number of nitrogens with zero attached hydrogens (tertiary/aromatic N) is 4. The number of nitrogens with one attached hydrogen (secondary N) is 1. The highest BCUT2D eigenvalue weighted by Gasteiger charge is 2.31. The smallest absolute Gasteiger partial charge is 0.295 e. The maximum absolute atomic E-state index is 15.0. The van der Waals surface area contributed by atoms with Crippen LogP contribution in [0.1, 0.15) is 26.5 Å². The molecule has 0 spiro atoms. The van der Waals surface area contributed by atoms with Crippen molar-refractivity contribution in [2.24, 2.45) is 0 Å². The molecule has 4 heterocycles. The summed E-state index contributed by atoms with van der Waals surface area (Å²) >= 11 is 3.19. The van der Waals surface area contributed by atoms with Gasteiger partial charge < -0.3 is 19.3 Å². The highest BCUT2D eigenvalue weighted by atomic mass is 32.2. The molecule has 2 amide bonds. The number of H-pyrrole nitrogens is 1. The Hall–Kier alpha value is -4.29. The van der Waals surface area contributed by atoms with E-state index in [1.807, 2.05) is 23.6 Å². The highest BCUT2D eigenvalue weighted by molar-refractivity contribution is 8.00. The van der Waals surface area contributed by atoms with Crippen molar-refractivity contribution in [2.45, 2.75) is 9.96 Å². The Labute approximate surface area is 236 Å². The highest BCUT2D eigenvalue weighted by Crippen LogP contribution is 2.32. The second-order valence-electron chi connectivity index (χ2n) is 9.06. The number of halogens is 1. The minimum atomic E-state index is -0.830. The number of ketones is 1. The lowest BCUT2D eigenvalue weighted by Gasteiger charge is -2.34. The molecule has 1 N–H and O–H groups in total. The Bertz CT molecular complexity index is 1690. The Morgan fingerprint density at radius 2 is 1.77 bits per heavy atom. The molecule has 1 aliphatic heterocycles. The Kier molecular flexibility index (Phi) is 7.18. The van der Waals surface area contributed by atoms with Gasteiger partial charge in [-0.2, -0.15) is 4.98 Å². The van der Waals surface area contributed by atoms with Crippen LogP contribution >= 0.6 is 23.1 Å². The third-order valence-electron chi connectivity index (χ3n) is 6.64. The maximum Gasteiger partial charge on any atom is 0.295 e. The van der Waals surface area contributed by atoms with Crippen molar-refractivity contribution in [2.75, 3.05) is 26.2 Å². The molecule has 0 radical (unpaired) electrons. The zero-order chi connectivity index (χ0) is 27.6. The van der Waals surface area contributed by atoms with Gasteiger partial charge in [-0.25, -0.2) is 4.39 Å². The van der Waals surface area contributed by atoms with E-state index in [0.29, 0.717) is 35.8 Å². The number of hydrogen-bond donors (Lipinski definition) is 1. The molecule has 0 unspecified atom stereocenters. The summed E-state index contributed by atoms with van der Waals surface area (Å²) in [5.74, 6) is -1.19. The van der Waals surface area contributed by atoms with E-state index in [1.165, 1.54) is 23.2 Å². The summed E-state index contributed by atoms with van der Waals surface area (Å²) in [7, 11) is 0. The van der Waals surface area contributed by atoms with E-state index in [1.54, 1.807) is 52.3 Å². The SMILES string of the molecule is O=C(C(=O)N1CCN(C(=O)c2ccccc2)CC1)c1c[nH]c2c(-c3nc(CSc4cccs4)no3)ccc(F)c12. The van der Waals surface area contributed by atoms with E-state index in [0.717, 1.165) is 4.21 Å². The average molecular weight is 576 g/mol. The van der Waals surface area contributed by atoms with Gasteiger partial charge in [0.25, 0.3) is 23.5 Å². The van der Waals surface area contributed by atoms with Gasteiger partial charge in [-0.1, -0.05) is 29.4 Å². The first-order chi connectivity index (χ1) is 19.5. The minimum absolute atomic E-state index is 0.0125. The summed E-state index contributed by atoms with van der Waals surface area (Å²) in [5, 5.41) is 6.00. The van der Waals surface area contributed by atoms with Gasteiger partial charge in [0, 0.05) is 43.3 Å². The largest absolute Gasteiger partial charge is 0.360 e. The van der Waals surface area contributed by atoms with Gasteiger partial charge in [0.2, 0.25) is 0 Å². The molecular weight excluding hydrogens is 553 g/mol. The van der Waals surface area contributed by atoms with Gasteiger partial charge in [-0.3, -0.25) is 14.4 Å². The van der Waals surface area contributed by atoms with Crippen molar-refractivity contribution in [1.82, 2.24) is 24.9 Å². The van der Waals surface area contributed by atoms with Crippen LogP contribution in [0, 0.1) is 5.82 Å². The number of hydrogen-bond acceptors (Lipinski definition) is 8. The molecule has 0 aliphatic carbocycles. The molecule has 2 aromatic carbocycles. The number of fused-ring (bicyclic) bond motifs is 1. The molecule has 5 aromatic rings. The van der Waals surface area contributed by atoms with Crippen molar-refractivity contribution in [3.8, 4) is 11.5 Å². The summed E-state index contributed by atoms with van der Waals surface area (Å²) in [4.78, 5) is 49.5. The van der Waals surface area contributed by atoms with E-state index < -0.39 is 17.5 Å². The summed E-state index contributed by atoms with van der Waals surface area (Å²) < 4.78 is 21.6. The number of carbonyl (C=O) groups is 3. The predicted octanol–water partition coefficient (Wildman–Crippen LogP) is 4.88. The normalized spacial score (nSPS) is 13.6. The number of amides is 2. The molecule has 6 rings (SSSR count). The van der Waals surface area contributed by atoms with Gasteiger partial charge in [0.05, 0.1) is 26.6 Å². The van der Waals surface area contributed by atoms with Crippen molar-refractivity contribution in [3.05, 3.63) is 88.9 Å². The zero-order valence-corrected chi connectivity index (χ0v) is 22.6. The van der Waals surface area contributed by atoms with E-state index in [-0.39, 0.29) is 41.4 Å². The molecule has 1 saturated heterocycles. The van der Waals surface area contributed by atoms with Gasteiger partial charge in [-0.15, -0.1) is 23.1 Å². The standard InChI is InChI=1S/C28H22FN5O4S2/c29-20-9-8-18(26-31-21(32-38-26)16-40-22-7-4-14-39-22)24-23(20)19(15-30-24)25(35)28(37)34-12-10-33(11-13-34)27(36)17-5-2-1-3-6-17/h1-9,14-15,30H,10-13,16H2. The van der Waals surface area contributed by atoms with Crippen LogP contribution in [0.4, 0.5) is 4.39 Å². The van der Waals surface area contributed by atoms with Crippen LogP contribution in [0.25, 0.3) is 22.4 Å². The molecule has 12 heteroatoms. The van der Waals surface area contributed by atoms with Crippen LogP contribution in [-0.2, 0) is 10.5 Å². The molecule has 3 aromatic heterocycles. The van der Waals surface area contributed by atoms with Gasteiger partial charge in [0.15, 0.2) is 5.82 Å². The fourth-order valence-corrected chi connectivity index (χ4v) is 6.23. The number of aromatic amines is 1. The van der Waals surface area contributed by atoms with Crippen LogP contribution in [0.3, 0.4) is 0 Å². The number of thiophene rings is 1. The molecule has 40 heavy (non-hydrogen) atoms. The number of piperazine rings is 1. The topological polar surface area (TPSA) is 112 Å². The first kappa shape index (κ1) is 26.0. The van der Waals surface area contributed by atoms with Crippen molar-refractivity contribution >= 4 is 51.6 Å². The molecule has 9 nitrogen and oxygen atoms in total. The molecule has 0 atom stereocenters. The molecule has 202 valence electrons. The number of benzene rings is 2. The lowest BCUT2D eigenvalue weighted by atomic mass is 10.0. The minimum Gasteiger partial charge on any atom is -0.360 e. The van der Waals surface area contributed by atoms with E-state index >= 15 is 4.39 Å². The fraction of sp³-hybridized carbons (Fsp3) is 0.179. The van der Waals surface area contributed by atoms with Crippen LogP contribution in [0.15, 0.2) is 74.9 Å². The first-order valence-electron chi connectivity index (χ1n) is 12.5. The molecular formula is C28H22FN5O4S2. The summed E-state index contributed by atoms with van der Waals surface area (Å²) in [6, 6.07) is 15.6.